The lowest BCUT2D eigenvalue weighted by Gasteiger charge is -2.14. The van der Waals surface area contributed by atoms with Crippen molar-refractivity contribution >= 4 is 33.0 Å². The topological polar surface area (TPSA) is 74.0 Å². The molecule has 4 aromatic rings. The number of aryl methyl sites for hydroxylation is 1. The molecule has 0 aliphatic rings. The van der Waals surface area contributed by atoms with Gasteiger partial charge in [-0.05, 0) is 43.5 Å². The molecular weight excluding hydrogens is 382 g/mol. The summed E-state index contributed by atoms with van der Waals surface area (Å²) in [6.07, 6.45) is 1.43. The van der Waals surface area contributed by atoms with Crippen LogP contribution in [0.25, 0.3) is 15.7 Å². The quantitative estimate of drug-likeness (QED) is 0.337. The van der Waals surface area contributed by atoms with E-state index >= 15 is 0 Å². The van der Waals surface area contributed by atoms with Crippen LogP contribution < -0.4 is 10.6 Å². The number of aliphatic hydroxyl groups is 1. The summed E-state index contributed by atoms with van der Waals surface area (Å²) in [7, 11) is 0. The number of rotatable bonds is 6. The molecule has 0 spiro atoms. The highest BCUT2D eigenvalue weighted by Gasteiger charge is 2.12. The Kier molecular flexibility index (Phi) is 5.78. The molecule has 0 saturated heterocycles. The zero-order valence-electron chi connectivity index (χ0n) is 16.6. The van der Waals surface area contributed by atoms with Crippen LogP contribution in [-0.4, -0.2) is 33.5 Å². The highest BCUT2D eigenvalue weighted by atomic mass is 32.1. The molecule has 0 aliphatic carbocycles. The zero-order chi connectivity index (χ0) is 20.2. The molecule has 1 unspecified atom stereocenters. The highest BCUT2D eigenvalue weighted by molar-refractivity contribution is 7.19. The average molecular weight is 408 g/mol. The predicted octanol–water partition coefficient (Wildman–Crippen LogP) is 3.65. The number of thiophene rings is 1. The lowest BCUT2D eigenvalue weighted by molar-refractivity contribution is 0.184. The second-order valence-corrected chi connectivity index (χ2v) is 8.02. The number of aliphatic imine (C=N–C) groups is 1. The van der Waals surface area contributed by atoms with Gasteiger partial charge in [0, 0.05) is 34.6 Å². The van der Waals surface area contributed by atoms with Crippen molar-refractivity contribution in [1.29, 1.82) is 0 Å². The van der Waals surface area contributed by atoms with E-state index in [1.54, 1.807) is 11.3 Å². The van der Waals surface area contributed by atoms with Gasteiger partial charge in [0.15, 0.2) is 5.96 Å². The fourth-order valence-electron chi connectivity index (χ4n) is 3.24. The lowest BCUT2D eigenvalue weighted by Crippen LogP contribution is -2.39. The van der Waals surface area contributed by atoms with Crippen LogP contribution in [0.3, 0.4) is 0 Å². The van der Waals surface area contributed by atoms with Gasteiger partial charge < -0.3 is 20.1 Å². The van der Waals surface area contributed by atoms with Crippen molar-refractivity contribution in [3.05, 3.63) is 71.0 Å². The monoisotopic (exact) mass is 407 g/mol. The van der Waals surface area contributed by atoms with E-state index in [0.717, 1.165) is 33.8 Å². The van der Waals surface area contributed by atoms with Crippen LogP contribution in [0.2, 0.25) is 0 Å². The number of pyridine rings is 1. The van der Waals surface area contributed by atoms with Gasteiger partial charge in [0.1, 0.15) is 11.8 Å². The highest BCUT2D eigenvalue weighted by Crippen LogP contribution is 2.29. The van der Waals surface area contributed by atoms with E-state index in [1.807, 2.05) is 37.4 Å². The minimum atomic E-state index is -0.589. The maximum atomic E-state index is 10.6. The third-order valence-electron chi connectivity index (χ3n) is 4.73. The van der Waals surface area contributed by atoms with Crippen molar-refractivity contribution in [3.63, 3.8) is 0 Å². The maximum Gasteiger partial charge on any atom is 0.191 e. The number of hydrogen-bond donors (Lipinski definition) is 3. The maximum absolute atomic E-state index is 10.6. The molecule has 150 valence electrons. The number of fused-ring (bicyclic) bond motifs is 2. The Bertz CT molecular complexity index is 1110. The SMILES string of the molecule is CCNC(=NCc1cn2c(C)cccc2n1)NCC(O)c1cc2ccccc2s1. The fraction of sp³-hybridized carbons (Fsp3) is 0.273. The van der Waals surface area contributed by atoms with Crippen molar-refractivity contribution in [2.45, 2.75) is 26.5 Å². The first-order valence-corrected chi connectivity index (χ1v) is 10.6. The Labute approximate surface area is 173 Å². The van der Waals surface area contributed by atoms with Gasteiger partial charge in [-0.25, -0.2) is 9.98 Å². The molecule has 0 saturated carbocycles. The van der Waals surface area contributed by atoms with Gasteiger partial charge in [0.2, 0.25) is 0 Å². The Morgan fingerprint density at radius 3 is 2.86 bits per heavy atom. The number of aliphatic hydroxyl groups excluding tert-OH is 1. The van der Waals surface area contributed by atoms with Gasteiger partial charge in [-0.3, -0.25) is 0 Å². The average Bonchev–Trinajstić information content (AvgIpc) is 3.34. The summed E-state index contributed by atoms with van der Waals surface area (Å²) in [6, 6.07) is 16.3. The minimum Gasteiger partial charge on any atom is -0.386 e. The number of guanidine groups is 1. The molecule has 0 fully saturated rings. The van der Waals surface area contributed by atoms with E-state index in [9.17, 15) is 5.11 Å². The van der Waals surface area contributed by atoms with Crippen molar-refractivity contribution in [2.24, 2.45) is 4.99 Å². The van der Waals surface area contributed by atoms with Crippen LogP contribution in [0.1, 0.15) is 29.3 Å². The van der Waals surface area contributed by atoms with Gasteiger partial charge in [-0.2, -0.15) is 0 Å². The number of aromatic nitrogens is 2. The van der Waals surface area contributed by atoms with Crippen LogP contribution in [0.5, 0.6) is 0 Å². The van der Waals surface area contributed by atoms with E-state index in [4.69, 9.17) is 0 Å². The summed E-state index contributed by atoms with van der Waals surface area (Å²) in [5.74, 6) is 0.668. The molecule has 3 N–H and O–H groups in total. The molecule has 7 heteroatoms. The normalized spacial score (nSPS) is 13.1. The summed E-state index contributed by atoms with van der Waals surface area (Å²) in [5.41, 5.74) is 2.97. The van der Waals surface area contributed by atoms with Gasteiger partial charge >= 0.3 is 0 Å². The molecular formula is C22H25N5OS. The second-order valence-electron chi connectivity index (χ2n) is 6.91. The fourth-order valence-corrected chi connectivity index (χ4v) is 4.29. The second kappa shape index (κ2) is 8.63. The molecule has 1 atom stereocenters. The van der Waals surface area contributed by atoms with Gasteiger partial charge in [-0.1, -0.05) is 24.3 Å². The smallest absolute Gasteiger partial charge is 0.191 e. The zero-order valence-corrected chi connectivity index (χ0v) is 17.4. The van der Waals surface area contributed by atoms with Gasteiger partial charge in [-0.15, -0.1) is 11.3 Å². The van der Waals surface area contributed by atoms with Gasteiger partial charge in [0.25, 0.3) is 0 Å². The molecule has 3 aromatic heterocycles. The molecule has 0 aliphatic heterocycles. The van der Waals surface area contributed by atoms with Crippen LogP contribution >= 0.6 is 11.3 Å². The first-order chi connectivity index (χ1) is 14.1. The summed E-state index contributed by atoms with van der Waals surface area (Å²) in [5, 5.41) is 18.2. The van der Waals surface area contributed by atoms with E-state index in [1.165, 1.54) is 4.70 Å². The summed E-state index contributed by atoms with van der Waals surface area (Å²) in [6.45, 7) is 5.68. The molecule has 1 aromatic carbocycles. The lowest BCUT2D eigenvalue weighted by atomic mass is 10.2. The third kappa shape index (κ3) is 4.41. The van der Waals surface area contributed by atoms with E-state index in [0.29, 0.717) is 19.0 Å². The molecule has 0 radical (unpaired) electrons. The minimum absolute atomic E-state index is 0.392. The standard InChI is InChI=1S/C22H25N5OS/c1-3-23-22(24-12-17-14-27-15(2)7-6-10-21(27)26-17)25-13-18(28)20-11-16-8-4-5-9-19(16)29-20/h4-11,14,18,28H,3,12-13H2,1-2H3,(H2,23,24,25). The van der Waals surface area contributed by atoms with Crippen molar-refractivity contribution in [3.8, 4) is 0 Å². The number of hydrogen-bond acceptors (Lipinski definition) is 4. The Balaban J connectivity index is 1.43. The molecule has 6 nitrogen and oxygen atoms in total. The number of nitrogens with zero attached hydrogens (tertiary/aromatic N) is 3. The number of imidazole rings is 1. The first-order valence-electron chi connectivity index (χ1n) is 9.76. The van der Waals surface area contributed by atoms with E-state index in [2.05, 4.69) is 56.2 Å². The van der Waals surface area contributed by atoms with Crippen molar-refractivity contribution < 1.29 is 5.11 Å². The number of benzene rings is 1. The van der Waals surface area contributed by atoms with Crippen LogP contribution in [0, 0.1) is 6.92 Å². The molecule has 4 rings (SSSR count). The van der Waals surface area contributed by atoms with Crippen LogP contribution in [0.15, 0.2) is 59.7 Å². The largest absolute Gasteiger partial charge is 0.386 e. The summed E-state index contributed by atoms with van der Waals surface area (Å²) < 4.78 is 3.25. The molecule has 29 heavy (non-hydrogen) atoms. The molecule has 0 amide bonds. The van der Waals surface area contributed by atoms with Crippen molar-refractivity contribution in [2.75, 3.05) is 13.1 Å². The molecule has 3 heterocycles. The Hall–Kier alpha value is -2.90. The number of nitrogens with one attached hydrogen (secondary N) is 2. The van der Waals surface area contributed by atoms with Crippen LogP contribution in [-0.2, 0) is 6.54 Å². The third-order valence-corrected chi connectivity index (χ3v) is 5.94. The summed E-state index contributed by atoms with van der Waals surface area (Å²) in [4.78, 5) is 10.2. The Morgan fingerprint density at radius 2 is 2.07 bits per heavy atom. The molecule has 0 bridgehead atoms. The van der Waals surface area contributed by atoms with E-state index in [-0.39, 0.29) is 0 Å². The van der Waals surface area contributed by atoms with Crippen LogP contribution in [0.4, 0.5) is 0 Å². The first kappa shape index (κ1) is 19.4. The van der Waals surface area contributed by atoms with Gasteiger partial charge in [0.05, 0.1) is 12.2 Å². The van der Waals surface area contributed by atoms with E-state index < -0.39 is 6.10 Å². The predicted molar refractivity (Wildman–Crippen MR) is 120 cm³/mol. The Morgan fingerprint density at radius 1 is 1.21 bits per heavy atom. The summed E-state index contributed by atoms with van der Waals surface area (Å²) >= 11 is 1.62. The van der Waals surface area contributed by atoms with Crippen molar-refractivity contribution in [1.82, 2.24) is 20.0 Å².